The molecule has 1 saturated carbocycles. The standard InChI is InChI=1S/C10H13NO4/c1-6-8(9(12)13)10(14)15-11(6)7-4-2-3-5-7/h7H,2-5H2,1H3,(H,12,13). The van der Waals surface area contributed by atoms with Gasteiger partial charge in [0.15, 0.2) is 5.56 Å². The molecule has 82 valence electrons. The number of rotatable bonds is 2. The topological polar surface area (TPSA) is 72.4 Å². The molecule has 0 amide bonds. The van der Waals surface area contributed by atoms with Gasteiger partial charge in [0.2, 0.25) is 0 Å². The van der Waals surface area contributed by atoms with Crippen LogP contribution in [0.3, 0.4) is 0 Å². The second-order valence-corrected chi connectivity index (χ2v) is 3.91. The zero-order chi connectivity index (χ0) is 11.0. The van der Waals surface area contributed by atoms with Gasteiger partial charge < -0.3 is 9.63 Å². The summed E-state index contributed by atoms with van der Waals surface area (Å²) < 4.78 is 6.44. The van der Waals surface area contributed by atoms with Crippen molar-refractivity contribution in [2.24, 2.45) is 0 Å². The van der Waals surface area contributed by atoms with Gasteiger partial charge in [0.05, 0.1) is 11.7 Å². The average Bonchev–Trinajstić information content (AvgIpc) is 2.72. The Morgan fingerprint density at radius 1 is 1.47 bits per heavy atom. The Morgan fingerprint density at radius 2 is 2.07 bits per heavy atom. The van der Waals surface area contributed by atoms with Gasteiger partial charge in [0.25, 0.3) is 0 Å². The zero-order valence-corrected chi connectivity index (χ0v) is 8.52. The summed E-state index contributed by atoms with van der Waals surface area (Å²) in [6, 6.07) is 0.158. The zero-order valence-electron chi connectivity index (χ0n) is 8.52. The van der Waals surface area contributed by atoms with E-state index in [2.05, 4.69) is 0 Å². The van der Waals surface area contributed by atoms with Crippen LogP contribution in [0, 0.1) is 6.92 Å². The first-order valence-corrected chi connectivity index (χ1v) is 5.07. The van der Waals surface area contributed by atoms with Gasteiger partial charge in [-0.05, 0) is 19.8 Å². The second-order valence-electron chi connectivity index (χ2n) is 3.91. The first kappa shape index (κ1) is 10.0. The fraction of sp³-hybridized carbons (Fsp3) is 0.600. The molecule has 1 N–H and O–H groups in total. The van der Waals surface area contributed by atoms with E-state index in [1.54, 1.807) is 6.92 Å². The van der Waals surface area contributed by atoms with E-state index in [1.807, 2.05) is 0 Å². The second kappa shape index (κ2) is 3.56. The van der Waals surface area contributed by atoms with Crippen LogP contribution >= 0.6 is 0 Å². The highest BCUT2D eigenvalue weighted by molar-refractivity contribution is 5.88. The van der Waals surface area contributed by atoms with Gasteiger partial charge in [-0.25, -0.2) is 14.3 Å². The van der Waals surface area contributed by atoms with Gasteiger partial charge in [-0.3, -0.25) is 0 Å². The first-order chi connectivity index (χ1) is 7.11. The Kier molecular flexibility index (Phi) is 2.38. The van der Waals surface area contributed by atoms with E-state index < -0.39 is 11.6 Å². The Hall–Kier alpha value is -1.52. The number of hydrogen-bond acceptors (Lipinski definition) is 3. The van der Waals surface area contributed by atoms with Crippen molar-refractivity contribution < 1.29 is 14.4 Å². The van der Waals surface area contributed by atoms with Crippen LogP contribution in [-0.2, 0) is 0 Å². The molecule has 0 aromatic carbocycles. The molecule has 1 aliphatic carbocycles. The molecule has 5 nitrogen and oxygen atoms in total. The van der Waals surface area contributed by atoms with E-state index in [0.717, 1.165) is 25.7 Å². The Morgan fingerprint density at radius 3 is 2.53 bits per heavy atom. The predicted octanol–water partition coefficient (Wildman–Crippen LogP) is 1.56. The molecule has 0 saturated heterocycles. The van der Waals surface area contributed by atoms with Crippen molar-refractivity contribution in [3.05, 3.63) is 21.7 Å². The smallest absolute Gasteiger partial charge is 0.372 e. The van der Waals surface area contributed by atoms with Crippen molar-refractivity contribution >= 4 is 5.97 Å². The lowest BCUT2D eigenvalue weighted by Gasteiger charge is -2.10. The third kappa shape index (κ3) is 1.58. The van der Waals surface area contributed by atoms with Crippen LogP contribution in [0.15, 0.2) is 9.32 Å². The minimum atomic E-state index is -1.21. The molecule has 5 heteroatoms. The van der Waals surface area contributed by atoms with E-state index in [1.165, 1.54) is 4.74 Å². The number of aromatic carboxylic acids is 1. The fourth-order valence-corrected chi connectivity index (χ4v) is 2.19. The van der Waals surface area contributed by atoms with E-state index in [0.29, 0.717) is 5.69 Å². The van der Waals surface area contributed by atoms with E-state index in [9.17, 15) is 9.59 Å². The Bertz CT molecular complexity index is 437. The van der Waals surface area contributed by atoms with Crippen LogP contribution in [0.1, 0.15) is 47.8 Å². The van der Waals surface area contributed by atoms with Gasteiger partial charge in [0.1, 0.15) is 0 Å². The molecule has 0 aliphatic heterocycles. The molecule has 1 aliphatic rings. The molecule has 0 atom stereocenters. The van der Waals surface area contributed by atoms with Crippen LogP contribution in [0.4, 0.5) is 0 Å². The van der Waals surface area contributed by atoms with Crippen LogP contribution in [0.5, 0.6) is 0 Å². The predicted molar refractivity (Wildman–Crippen MR) is 52.2 cm³/mol. The monoisotopic (exact) mass is 211 g/mol. The minimum Gasteiger partial charge on any atom is -0.477 e. The van der Waals surface area contributed by atoms with Gasteiger partial charge in [-0.15, -0.1) is 0 Å². The van der Waals surface area contributed by atoms with Gasteiger partial charge in [0, 0.05) is 0 Å². The van der Waals surface area contributed by atoms with Crippen molar-refractivity contribution in [2.75, 3.05) is 0 Å². The molecule has 1 fully saturated rings. The molecule has 0 spiro atoms. The summed E-state index contributed by atoms with van der Waals surface area (Å²) in [7, 11) is 0. The molecule has 1 aromatic rings. The molecular weight excluding hydrogens is 198 g/mol. The third-order valence-electron chi connectivity index (χ3n) is 2.95. The van der Waals surface area contributed by atoms with E-state index >= 15 is 0 Å². The highest BCUT2D eigenvalue weighted by Gasteiger charge is 2.26. The lowest BCUT2D eigenvalue weighted by molar-refractivity contribution is 0.0693. The molecule has 1 heterocycles. The maximum atomic E-state index is 11.3. The number of nitrogens with zero attached hydrogens (tertiary/aromatic N) is 1. The SMILES string of the molecule is Cc1c(C(=O)O)c(=O)on1C1CCCC1. The lowest BCUT2D eigenvalue weighted by atomic mass is 10.2. The Balaban J connectivity index is 2.45. The normalized spacial score (nSPS) is 17.1. The van der Waals surface area contributed by atoms with Gasteiger partial charge >= 0.3 is 11.6 Å². The van der Waals surface area contributed by atoms with E-state index in [-0.39, 0.29) is 11.6 Å². The number of aromatic nitrogens is 1. The summed E-state index contributed by atoms with van der Waals surface area (Å²) in [5, 5.41) is 8.83. The molecule has 1 aromatic heterocycles. The number of hydrogen-bond donors (Lipinski definition) is 1. The highest BCUT2D eigenvalue weighted by Crippen LogP contribution is 2.30. The number of carbonyl (C=O) groups is 1. The molecular formula is C10H13NO4. The molecule has 15 heavy (non-hydrogen) atoms. The first-order valence-electron chi connectivity index (χ1n) is 5.07. The van der Waals surface area contributed by atoms with Gasteiger partial charge in [-0.2, -0.15) is 0 Å². The number of carboxylic acids is 1. The Labute approximate surface area is 86.3 Å². The van der Waals surface area contributed by atoms with Crippen LogP contribution in [0.2, 0.25) is 0 Å². The largest absolute Gasteiger partial charge is 0.477 e. The van der Waals surface area contributed by atoms with Crippen molar-refractivity contribution in [3.8, 4) is 0 Å². The summed E-state index contributed by atoms with van der Waals surface area (Å²) >= 11 is 0. The fourth-order valence-electron chi connectivity index (χ4n) is 2.19. The van der Waals surface area contributed by atoms with Crippen molar-refractivity contribution in [3.63, 3.8) is 0 Å². The molecule has 2 rings (SSSR count). The van der Waals surface area contributed by atoms with Crippen LogP contribution in [0.25, 0.3) is 0 Å². The lowest BCUT2D eigenvalue weighted by Crippen LogP contribution is -2.10. The quantitative estimate of drug-likeness (QED) is 0.805. The average molecular weight is 211 g/mol. The highest BCUT2D eigenvalue weighted by atomic mass is 16.5. The summed E-state index contributed by atoms with van der Waals surface area (Å²) in [4.78, 5) is 22.1. The molecule has 0 unspecified atom stereocenters. The maximum absolute atomic E-state index is 11.3. The van der Waals surface area contributed by atoms with Crippen molar-refractivity contribution in [2.45, 2.75) is 38.6 Å². The van der Waals surface area contributed by atoms with Crippen molar-refractivity contribution in [1.82, 2.24) is 4.74 Å². The maximum Gasteiger partial charge on any atom is 0.372 e. The van der Waals surface area contributed by atoms with Crippen LogP contribution < -0.4 is 5.63 Å². The van der Waals surface area contributed by atoms with E-state index in [4.69, 9.17) is 9.63 Å². The van der Waals surface area contributed by atoms with Crippen molar-refractivity contribution in [1.29, 1.82) is 0 Å². The van der Waals surface area contributed by atoms with Crippen LogP contribution in [-0.4, -0.2) is 15.8 Å². The number of carboxylic acid groups (broad SMARTS) is 1. The molecule has 0 radical (unpaired) electrons. The summed E-state index contributed by atoms with van der Waals surface area (Å²) in [6.07, 6.45) is 4.12. The molecule has 0 bridgehead atoms. The minimum absolute atomic E-state index is 0.158. The third-order valence-corrected chi connectivity index (χ3v) is 2.95. The summed E-state index contributed by atoms with van der Waals surface area (Å²) in [5.41, 5.74) is -0.548. The van der Waals surface area contributed by atoms with Gasteiger partial charge in [-0.1, -0.05) is 12.8 Å². The summed E-state index contributed by atoms with van der Waals surface area (Å²) in [6.45, 7) is 1.62. The summed E-state index contributed by atoms with van der Waals surface area (Å²) in [5.74, 6) is -1.21.